The highest BCUT2D eigenvalue weighted by atomic mass is 35.5. The number of halogens is 1. The number of nitrogens with zero attached hydrogens (tertiary/aromatic N) is 3. The molecule has 0 spiro atoms. The highest BCUT2D eigenvalue weighted by Crippen LogP contribution is 2.46. The van der Waals surface area contributed by atoms with E-state index in [1.807, 2.05) is 4.90 Å². The van der Waals surface area contributed by atoms with Gasteiger partial charge in [-0.3, -0.25) is 9.69 Å². The van der Waals surface area contributed by atoms with E-state index in [4.69, 9.17) is 4.74 Å². The number of hydrogen-bond donors (Lipinski definition) is 0. The summed E-state index contributed by atoms with van der Waals surface area (Å²) in [4.78, 5) is 20.9. The summed E-state index contributed by atoms with van der Waals surface area (Å²) in [6, 6.07) is 6.55. The van der Waals surface area contributed by atoms with Gasteiger partial charge in [0, 0.05) is 39.3 Å². The number of carbonyl (C=O) groups is 1. The summed E-state index contributed by atoms with van der Waals surface area (Å²) < 4.78 is 5.52. The Kier molecular flexibility index (Phi) is 10.3. The fourth-order valence-electron chi connectivity index (χ4n) is 6.20. The summed E-state index contributed by atoms with van der Waals surface area (Å²) in [5, 5.41) is 0. The predicted octanol–water partition coefficient (Wildman–Crippen LogP) is 5.82. The normalized spacial score (nSPS) is 24.2. The summed E-state index contributed by atoms with van der Waals surface area (Å²) >= 11 is 0. The standard InChI is InChI=1S/C29H47N3O2.ClH/c1-5-6-14-30-15-17-31(18-16-30)27-25(23-10-12-24(13-11-23)29(2,3)4)8-7-9-26(27)28(33)32-19-21-34-22-20-32;/h7-9,23-24H,5-6,10-22H2,1-4H3;1H. The zero-order valence-corrected chi connectivity index (χ0v) is 23.4. The third kappa shape index (κ3) is 6.93. The second-order valence-electron chi connectivity index (χ2n) is 11.7. The number of piperazine rings is 1. The molecule has 4 rings (SSSR count). The van der Waals surface area contributed by atoms with Gasteiger partial charge in [0.05, 0.1) is 24.5 Å². The quantitative estimate of drug-likeness (QED) is 0.487. The van der Waals surface area contributed by atoms with Crippen molar-refractivity contribution in [2.24, 2.45) is 11.3 Å². The van der Waals surface area contributed by atoms with E-state index >= 15 is 0 Å². The van der Waals surface area contributed by atoms with Crippen molar-refractivity contribution < 1.29 is 9.53 Å². The van der Waals surface area contributed by atoms with E-state index in [9.17, 15) is 4.79 Å². The number of anilines is 1. The molecule has 0 atom stereocenters. The molecule has 2 aliphatic heterocycles. The molecule has 1 amide bonds. The molecule has 1 aromatic rings. The summed E-state index contributed by atoms with van der Waals surface area (Å²) in [5.41, 5.74) is 3.97. The van der Waals surface area contributed by atoms with Gasteiger partial charge in [0.25, 0.3) is 5.91 Å². The molecular weight excluding hydrogens is 458 g/mol. The predicted molar refractivity (Wildman–Crippen MR) is 148 cm³/mol. The number of carbonyl (C=O) groups excluding carboxylic acids is 1. The molecule has 2 heterocycles. The lowest BCUT2D eigenvalue weighted by Gasteiger charge is -2.41. The molecule has 0 N–H and O–H groups in total. The molecule has 2 saturated heterocycles. The number of rotatable bonds is 6. The van der Waals surface area contributed by atoms with Gasteiger partial charge in [0.1, 0.15) is 0 Å². The molecule has 3 fully saturated rings. The van der Waals surface area contributed by atoms with E-state index in [0.29, 0.717) is 37.6 Å². The van der Waals surface area contributed by atoms with Gasteiger partial charge in [-0.2, -0.15) is 0 Å². The third-order valence-electron chi connectivity index (χ3n) is 8.50. The Hall–Kier alpha value is -1.30. The summed E-state index contributed by atoms with van der Waals surface area (Å²) in [6.07, 6.45) is 7.58. The molecule has 5 nitrogen and oxygen atoms in total. The van der Waals surface area contributed by atoms with Crippen LogP contribution in [0.1, 0.15) is 88.1 Å². The number of amides is 1. The highest BCUT2D eigenvalue weighted by molar-refractivity contribution is 6.00. The van der Waals surface area contributed by atoms with Crippen LogP contribution in [-0.2, 0) is 4.74 Å². The Balaban J connectivity index is 0.00000342. The van der Waals surface area contributed by atoms with Gasteiger partial charge in [-0.1, -0.05) is 46.2 Å². The molecule has 35 heavy (non-hydrogen) atoms. The van der Waals surface area contributed by atoms with Crippen LogP contribution in [0.25, 0.3) is 0 Å². The van der Waals surface area contributed by atoms with Crippen LogP contribution in [0.4, 0.5) is 5.69 Å². The fraction of sp³-hybridized carbons (Fsp3) is 0.759. The van der Waals surface area contributed by atoms with Gasteiger partial charge in [-0.25, -0.2) is 0 Å². The van der Waals surface area contributed by atoms with Crippen LogP contribution in [0.2, 0.25) is 0 Å². The van der Waals surface area contributed by atoms with Crippen LogP contribution >= 0.6 is 12.4 Å². The number of morpholine rings is 1. The summed E-state index contributed by atoms with van der Waals surface area (Å²) in [6.45, 7) is 17.5. The molecule has 3 aliphatic rings. The molecule has 1 aliphatic carbocycles. The summed E-state index contributed by atoms with van der Waals surface area (Å²) in [5.74, 6) is 1.55. The zero-order chi connectivity index (χ0) is 24.1. The van der Waals surface area contributed by atoms with Gasteiger partial charge < -0.3 is 14.5 Å². The molecule has 0 radical (unpaired) electrons. The number of hydrogen-bond acceptors (Lipinski definition) is 4. The van der Waals surface area contributed by atoms with Crippen molar-refractivity contribution in [3.8, 4) is 0 Å². The second-order valence-corrected chi connectivity index (χ2v) is 11.7. The molecule has 6 heteroatoms. The molecule has 1 saturated carbocycles. The lowest BCUT2D eigenvalue weighted by atomic mass is 9.68. The van der Waals surface area contributed by atoms with E-state index in [1.165, 1.54) is 56.3 Å². The SMILES string of the molecule is CCCCN1CCN(c2c(C(=O)N3CCOCC3)cccc2C2CCC(C(C)(C)C)CC2)CC1.Cl. The fourth-order valence-corrected chi connectivity index (χ4v) is 6.20. The Morgan fingerprint density at radius 2 is 1.63 bits per heavy atom. The molecule has 0 unspecified atom stereocenters. The first-order valence-electron chi connectivity index (χ1n) is 13.9. The number of benzene rings is 1. The van der Waals surface area contributed by atoms with Gasteiger partial charge in [-0.15, -0.1) is 12.4 Å². The Labute approximate surface area is 220 Å². The lowest BCUT2D eigenvalue weighted by Crippen LogP contribution is -2.48. The molecular formula is C29H48ClN3O2. The zero-order valence-electron chi connectivity index (χ0n) is 22.6. The van der Waals surface area contributed by atoms with Crippen LogP contribution in [0.15, 0.2) is 18.2 Å². The van der Waals surface area contributed by atoms with Crippen molar-refractivity contribution in [3.05, 3.63) is 29.3 Å². The van der Waals surface area contributed by atoms with Gasteiger partial charge in [-0.05, 0) is 67.5 Å². The maximum atomic E-state index is 13.7. The summed E-state index contributed by atoms with van der Waals surface area (Å²) in [7, 11) is 0. The lowest BCUT2D eigenvalue weighted by molar-refractivity contribution is 0.0303. The minimum absolute atomic E-state index is 0. The van der Waals surface area contributed by atoms with E-state index in [1.54, 1.807) is 0 Å². The Bertz CT molecular complexity index is 803. The molecule has 1 aromatic carbocycles. The number of ether oxygens (including phenoxy) is 1. The van der Waals surface area contributed by atoms with Gasteiger partial charge in [0.15, 0.2) is 0 Å². The Morgan fingerprint density at radius 3 is 2.23 bits per heavy atom. The van der Waals surface area contributed by atoms with Crippen LogP contribution in [0, 0.1) is 11.3 Å². The van der Waals surface area contributed by atoms with Crippen LogP contribution < -0.4 is 4.90 Å². The average Bonchev–Trinajstić information content (AvgIpc) is 2.87. The molecule has 0 bridgehead atoms. The Morgan fingerprint density at radius 1 is 0.971 bits per heavy atom. The van der Waals surface area contributed by atoms with Crippen LogP contribution in [0.3, 0.4) is 0 Å². The third-order valence-corrected chi connectivity index (χ3v) is 8.50. The maximum Gasteiger partial charge on any atom is 0.256 e. The smallest absolute Gasteiger partial charge is 0.256 e. The van der Waals surface area contributed by atoms with Crippen LogP contribution in [0.5, 0.6) is 0 Å². The first kappa shape index (κ1) is 28.3. The van der Waals surface area contributed by atoms with Crippen LogP contribution in [-0.4, -0.2) is 74.7 Å². The van der Waals surface area contributed by atoms with Crippen molar-refractivity contribution in [1.29, 1.82) is 0 Å². The first-order valence-corrected chi connectivity index (χ1v) is 13.9. The van der Waals surface area contributed by atoms with Gasteiger partial charge >= 0.3 is 0 Å². The van der Waals surface area contributed by atoms with E-state index in [-0.39, 0.29) is 18.3 Å². The largest absolute Gasteiger partial charge is 0.378 e. The van der Waals surface area contributed by atoms with Crippen molar-refractivity contribution in [2.75, 3.05) is 63.9 Å². The maximum absolute atomic E-state index is 13.7. The van der Waals surface area contributed by atoms with E-state index < -0.39 is 0 Å². The van der Waals surface area contributed by atoms with Gasteiger partial charge in [0.2, 0.25) is 0 Å². The van der Waals surface area contributed by atoms with E-state index in [0.717, 1.165) is 37.7 Å². The first-order chi connectivity index (χ1) is 16.4. The molecule has 198 valence electrons. The highest BCUT2D eigenvalue weighted by Gasteiger charge is 2.34. The minimum Gasteiger partial charge on any atom is -0.378 e. The average molecular weight is 506 g/mol. The topological polar surface area (TPSA) is 36.0 Å². The van der Waals surface area contributed by atoms with E-state index in [2.05, 4.69) is 55.7 Å². The van der Waals surface area contributed by atoms with Crippen molar-refractivity contribution in [3.63, 3.8) is 0 Å². The number of unbranched alkanes of at least 4 members (excludes halogenated alkanes) is 1. The number of para-hydroxylation sites is 1. The second kappa shape index (κ2) is 12.8. The van der Waals surface area contributed by atoms with Crippen molar-refractivity contribution in [2.45, 2.75) is 72.1 Å². The van der Waals surface area contributed by atoms with Crippen molar-refractivity contribution >= 4 is 24.0 Å². The minimum atomic E-state index is 0. The van der Waals surface area contributed by atoms with Crippen molar-refractivity contribution in [1.82, 2.24) is 9.80 Å². The monoisotopic (exact) mass is 505 g/mol. The molecule has 0 aromatic heterocycles.